The monoisotopic (exact) mass is 405 g/mol. The van der Waals surface area contributed by atoms with Crippen molar-refractivity contribution in [3.63, 3.8) is 0 Å². The molecule has 4 fully saturated rings. The van der Waals surface area contributed by atoms with Gasteiger partial charge >= 0.3 is 0 Å². The topological polar surface area (TPSA) is 69.2 Å². The summed E-state index contributed by atoms with van der Waals surface area (Å²) in [6.07, 6.45) is 9.00. The zero-order chi connectivity index (χ0) is 20.3. The van der Waals surface area contributed by atoms with Crippen LogP contribution in [0.25, 0.3) is 0 Å². The van der Waals surface area contributed by atoms with E-state index in [1.165, 1.54) is 25.7 Å². The number of nitrogens with one attached hydrogen (secondary N) is 2. The number of rotatable bonds is 7. The minimum absolute atomic E-state index is 0.182. The SMILES string of the molecule is CCN=C(NC1CC(OCC)C12CCCC2)N1CCN(CC(=O)NC2CC2)CC1. The first-order valence-electron chi connectivity index (χ1n) is 11.8. The van der Waals surface area contributed by atoms with E-state index >= 15 is 0 Å². The molecule has 29 heavy (non-hydrogen) atoms. The van der Waals surface area contributed by atoms with Crippen molar-refractivity contribution in [2.24, 2.45) is 10.4 Å². The highest BCUT2D eigenvalue weighted by molar-refractivity contribution is 5.81. The number of hydrogen-bond acceptors (Lipinski definition) is 4. The minimum Gasteiger partial charge on any atom is -0.378 e. The van der Waals surface area contributed by atoms with Crippen molar-refractivity contribution in [3.8, 4) is 0 Å². The Bertz CT molecular complexity index is 592. The summed E-state index contributed by atoms with van der Waals surface area (Å²) in [7, 11) is 0. The quantitative estimate of drug-likeness (QED) is 0.497. The summed E-state index contributed by atoms with van der Waals surface area (Å²) in [5, 5.41) is 6.93. The molecule has 2 atom stereocenters. The lowest BCUT2D eigenvalue weighted by Crippen LogP contribution is -2.66. The number of ether oxygens (including phenoxy) is 1. The Morgan fingerprint density at radius 3 is 2.45 bits per heavy atom. The molecule has 0 aromatic carbocycles. The lowest BCUT2D eigenvalue weighted by atomic mass is 9.60. The van der Waals surface area contributed by atoms with Gasteiger partial charge in [0.15, 0.2) is 5.96 Å². The highest BCUT2D eigenvalue weighted by Crippen LogP contribution is 2.54. The highest BCUT2D eigenvalue weighted by atomic mass is 16.5. The van der Waals surface area contributed by atoms with Gasteiger partial charge in [-0.25, -0.2) is 0 Å². The van der Waals surface area contributed by atoms with Crippen LogP contribution in [0.5, 0.6) is 0 Å². The maximum Gasteiger partial charge on any atom is 0.234 e. The largest absolute Gasteiger partial charge is 0.378 e. The molecule has 7 heteroatoms. The van der Waals surface area contributed by atoms with Crippen LogP contribution in [0.2, 0.25) is 0 Å². The van der Waals surface area contributed by atoms with Gasteiger partial charge in [0, 0.05) is 56.8 Å². The number of amides is 1. The van der Waals surface area contributed by atoms with Gasteiger partial charge in [0.25, 0.3) is 0 Å². The van der Waals surface area contributed by atoms with E-state index in [0.717, 1.165) is 64.6 Å². The molecule has 2 unspecified atom stereocenters. The standard InChI is InChI=1S/C22H39N5O2/c1-3-23-21(25-18-15-19(29-4-2)22(18)9-5-6-10-22)27-13-11-26(12-14-27)16-20(28)24-17-7-8-17/h17-19H,3-16H2,1-2H3,(H,23,25)(H,24,28). The number of carbonyl (C=O) groups excluding carboxylic acids is 1. The zero-order valence-electron chi connectivity index (χ0n) is 18.3. The highest BCUT2D eigenvalue weighted by Gasteiger charge is 2.57. The fraction of sp³-hybridized carbons (Fsp3) is 0.909. The molecule has 0 aromatic rings. The van der Waals surface area contributed by atoms with Gasteiger partial charge in [-0.15, -0.1) is 0 Å². The molecule has 0 bridgehead atoms. The van der Waals surface area contributed by atoms with Gasteiger partial charge in [-0.1, -0.05) is 12.8 Å². The first-order valence-corrected chi connectivity index (χ1v) is 11.8. The number of piperazine rings is 1. The summed E-state index contributed by atoms with van der Waals surface area (Å²) in [5.74, 6) is 1.24. The summed E-state index contributed by atoms with van der Waals surface area (Å²) in [6, 6.07) is 0.927. The lowest BCUT2D eigenvalue weighted by molar-refractivity contribution is -0.126. The van der Waals surface area contributed by atoms with Crippen LogP contribution in [-0.4, -0.2) is 85.7 Å². The Hall–Kier alpha value is -1.34. The predicted molar refractivity (Wildman–Crippen MR) is 115 cm³/mol. The Labute approximate surface area is 175 Å². The van der Waals surface area contributed by atoms with E-state index < -0.39 is 0 Å². The molecular weight excluding hydrogens is 366 g/mol. The molecule has 164 valence electrons. The summed E-state index contributed by atoms with van der Waals surface area (Å²) in [6.45, 7) is 10.0. The van der Waals surface area contributed by atoms with E-state index in [2.05, 4.69) is 34.3 Å². The van der Waals surface area contributed by atoms with Crippen molar-refractivity contribution in [1.82, 2.24) is 20.4 Å². The number of guanidine groups is 1. The maximum absolute atomic E-state index is 12.1. The van der Waals surface area contributed by atoms with E-state index in [-0.39, 0.29) is 5.91 Å². The molecule has 1 spiro atoms. The zero-order valence-corrected chi connectivity index (χ0v) is 18.3. The number of nitrogens with zero attached hydrogens (tertiary/aromatic N) is 3. The summed E-state index contributed by atoms with van der Waals surface area (Å²) >= 11 is 0. The average molecular weight is 406 g/mol. The first kappa shape index (κ1) is 20.9. The Balaban J connectivity index is 1.29. The Morgan fingerprint density at radius 2 is 1.83 bits per heavy atom. The number of aliphatic imine (C=N–C) groups is 1. The predicted octanol–water partition coefficient (Wildman–Crippen LogP) is 1.59. The van der Waals surface area contributed by atoms with Gasteiger partial charge in [0.2, 0.25) is 5.91 Å². The van der Waals surface area contributed by atoms with Gasteiger partial charge in [-0.05, 0) is 46.0 Å². The van der Waals surface area contributed by atoms with Crippen LogP contribution in [0.4, 0.5) is 0 Å². The summed E-state index contributed by atoms with van der Waals surface area (Å²) in [4.78, 5) is 21.6. The fourth-order valence-electron chi connectivity index (χ4n) is 5.45. The number of carbonyl (C=O) groups is 1. The molecule has 3 aliphatic carbocycles. The molecule has 0 aromatic heterocycles. The van der Waals surface area contributed by atoms with Gasteiger partial charge in [0.05, 0.1) is 12.6 Å². The second kappa shape index (κ2) is 9.21. The van der Waals surface area contributed by atoms with E-state index in [1.807, 2.05) is 0 Å². The molecule has 4 rings (SSSR count). The first-order chi connectivity index (χ1) is 14.1. The van der Waals surface area contributed by atoms with Gasteiger partial charge < -0.3 is 20.3 Å². The molecule has 4 aliphatic rings. The van der Waals surface area contributed by atoms with Gasteiger partial charge in [-0.2, -0.15) is 0 Å². The van der Waals surface area contributed by atoms with E-state index in [4.69, 9.17) is 9.73 Å². The smallest absolute Gasteiger partial charge is 0.234 e. The summed E-state index contributed by atoms with van der Waals surface area (Å²) < 4.78 is 6.08. The van der Waals surface area contributed by atoms with Crippen LogP contribution in [0.15, 0.2) is 4.99 Å². The molecule has 3 saturated carbocycles. The van der Waals surface area contributed by atoms with Crippen molar-refractivity contribution in [2.45, 2.75) is 77.0 Å². The van der Waals surface area contributed by atoms with Crippen molar-refractivity contribution < 1.29 is 9.53 Å². The Morgan fingerprint density at radius 1 is 1.10 bits per heavy atom. The van der Waals surface area contributed by atoms with E-state index in [0.29, 0.717) is 30.1 Å². The van der Waals surface area contributed by atoms with E-state index in [1.54, 1.807) is 0 Å². The van der Waals surface area contributed by atoms with Gasteiger partial charge in [-0.3, -0.25) is 14.7 Å². The van der Waals surface area contributed by atoms with Crippen molar-refractivity contribution in [3.05, 3.63) is 0 Å². The van der Waals surface area contributed by atoms with Gasteiger partial charge in [0.1, 0.15) is 0 Å². The molecule has 2 N–H and O–H groups in total. The van der Waals surface area contributed by atoms with Crippen LogP contribution in [0.3, 0.4) is 0 Å². The average Bonchev–Trinajstić information content (AvgIpc) is 3.36. The third-order valence-electron chi connectivity index (χ3n) is 7.28. The normalized spacial score (nSPS) is 29.7. The van der Waals surface area contributed by atoms with Crippen molar-refractivity contribution >= 4 is 11.9 Å². The van der Waals surface area contributed by atoms with Crippen LogP contribution in [0, 0.1) is 5.41 Å². The lowest BCUT2D eigenvalue weighted by Gasteiger charge is -2.55. The molecule has 0 radical (unpaired) electrons. The summed E-state index contributed by atoms with van der Waals surface area (Å²) in [5.41, 5.74) is 0.313. The molecule has 1 aliphatic heterocycles. The third kappa shape index (κ3) is 4.71. The fourth-order valence-corrected chi connectivity index (χ4v) is 5.45. The molecule has 1 heterocycles. The third-order valence-corrected chi connectivity index (χ3v) is 7.28. The minimum atomic E-state index is 0.182. The van der Waals surface area contributed by atoms with E-state index in [9.17, 15) is 4.79 Å². The molecule has 1 saturated heterocycles. The number of hydrogen-bond donors (Lipinski definition) is 2. The second-order valence-corrected chi connectivity index (χ2v) is 9.22. The van der Waals surface area contributed by atoms with Crippen molar-refractivity contribution in [2.75, 3.05) is 45.9 Å². The van der Waals surface area contributed by atoms with Crippen LogP contribution in [-0.2, 0) is 9.53 Å². The second-order valence-electron chi connectivity index (χ2n) is 9.22. The molecule has 7 nitrogen and oxygen atoms in total. The van der Waals surface area contributed by atoms with Crippen LogP contribution < -0.4 is 10.6 Å². The van der Waals surface area contributed by atoms with Crippen LogP contribution >= 0.6 is 0 Å². The molecular formula is C22H39N5O2. The van der Waals surface area contributed by atoms with Crippen molar-refractivity contribution in [1.29, 1.82) is 0 Å². The van der Waals surface area contributed by atoms with Crippen LogP contribution in [0.1, 0.15) is 58.8 Å². The molecule has 1 amide bonds. The maximum atomic E-state index is 12.1. The Kier molecular flexibility index (Phi) is 6.64.